The zero-order valence-electron chi connectivity index (χ0n) is 7.49. The van der Waals surface area contributed by atoms with Crippen LogP contribution in [0.3, 0.4) is 0 Å². The Kier molecular flexibility index (Phi) is 2.68. The normalized spacial score (nSPS) is 17.8. The number of urea groups is 1. The summed E-state index contributed by atoms with van der Waals surface area (Å²) in [7, 11) is 0. The van der Waals surface area contributed by atoms with Gasteiger partial charge < -0.3 is 14.6 Å². The van der Waals surface area contributed by atoms with E-state index in [-0.39, 0.29) is 18.6 Å². The largest absolute Gasteiger partial charge is 0.320 e. The van der Waals surface area contributed by atoms with E-state index in [0.29, 0.717) is 6.54 Å². The van der Waals surface area contributed by atoms with E-state index in [9.17, 15) is 9.59 Å². The number of hydrogen-bond donors (Lipinski definition) is 0. The summed E-state index contributed by atoms with van der Waals surface area (Å²) in [6.45, 7) is 5.59. The van der Waals surface area contributed by atoms with E-state index in [1.54, 1.807) is 9.80 Å². The SMILES string of the molecule is CC(C)N1CCN(CC=O)C1=O. The van der Waals surface area contributed by atoms with Crippen molar-refractivity contribution in [1.82, 2.24) is 9.80 Å². The molecule has 0 spiro atoms. The van der Waals surface area contributed by atoms with Crippen molar-refractivity contribution in [3.8, 4) is 0 Å². The van der Waals surface area contributed by atoms with Crippen molar-refractivity contribution < 1.29 is 9.59 Å². The molecule has 0 saturated carbocycles. The maximum absolute atomic E-state index is 11.4. The lowest BCUT2D eigenvalue weighted by Crippen LogP contribution is -2.36. The summed E-state index contributed by atoms with van der Waals surface area (Å²) in [4.78, 5) is 24.9. The van der Waals surface area contributed by atoms with Crippen LogP contribution in [0, 0.1) is 0 Å². The van der Waals surface area contributed by atoms with Crippen LogP contribution in [-0.2, 0) is 4.79 Å². The molecular formula is C8H14N2O2. The van der Waals surface area contributed by atoms with Crippen LogP contribution in [0.25, 0.3) is 0 Å². The molecule has 2 amide bonds. The van der Waals surface area contributed by atoms with Crippen molar-refractivity contribution in [2.24, 2.45) is 0 Å². The highest BCUT2D eigenvalue weighted by atomic mass is 16.2. The van der Waals surface area contributed by atoms with Crippen LogP contribution in [0.1, 0.15) is 13.8 Å². The summed E-state index contributed by atoms with van der Waals surface area (Å²) < 4.78 is 0. The lowest BCUT2D eigenvalue weighted by Gasteiger charge is -2.20. The predicted molar refractivity (Wildman–Crippen MR) is 44.9 cm³/mol. The zero-order valence-corrected chi connectivity index (χ0v) is 7.49. The Morgan fingerprint density at radius 3 is 2.58 bits per heavy atom. The summed E-state index contributed by atoms with van der Waals surface area (Å²) in [5.74, 6) is 0. The fourth-order valence-corrected chi connectivity index (χ4v) is 1.34. The third-order valence-corrected chi connectivity index (χ3v) is 2.05. The van der Waals surface area contributed by atoms with Gasteiger partial charge in [0.2, 0.25) is 0 Å². The molecule has 0 aromatic carbocycles. The van der Waals surface area contributed by atoms with Crippen LogP contribution in [0.2, 0.25) is 0 Å². The van der Waals surface area contributed by atoms with Crippen LogP contribution < -0.4 is 0 Å². The van der Waals surface area contributed by atoms with Gasteiger partial charge in [0.1, 0.15) is 6.29 Å². The van der Waals surface area contributed by atoms with Crippen molar-refractivity contribution in [2.45, 2.75) is 19.9 Å². The topological polar surface area (TPSA) is 40.6 Å². The fourth-order valence-electron chi connectivity index (χ4n) is 1.34. The predicted octanol–water partition coefficient (Wildman–Crippen LogP) is 0.331. The monoisotopic (exact) mass is 170 g/mol. The minimum atomic E-state index is -0.0166. The number of nitrogens with zero attached hydrogens (tertiary/aromatic N) is 2. The van der Waals surface area contributed by atoms with Crippen molar-refractivity contribution in [3.05, 3.63) is 0 Å². The summed E-state index contributed by atoms with van der Waals surface area (Å²) in [5.41, 5.74) is 0. The van der Waals surface area contributed by atoms with Crippen molar-refractivity contribution in [2.75, 3.05) is 19.6 Å². The Hall–Kier alpha value is -1.06. The van der Waals surface area contributed by atoms with Crippen LogP contribution in [-0.4, -0.2) is 47.8 Å². The average Bonchev–Trinajstić information content (AvgIpc) is 2.34. The number of rotatable bonds is 3. The second kappa shape index (κ2) is 3.56. The minimum absolute atomic E-state index is 0.0166. The molecule has 0 N–H and O–H groups in total. The molecule has 68 valence electrons. The first kappa shape index (κ1) is 9.03. The molecule has 1 aliphatic rings. The Bertz CT molecular complexity index is 191. The van der Waals surface area contributed by atoms with Gasteiger partial charge in [0, 0.05) is 19.1 Å². The van der Waals surface area contributed by atoms with Gasteiger partial charge in [-0.05, 0) is 13.8 Å². The Balaban J connectivity index is 2.54. The number of hydrogen-bond acceptors (Lipinski definition) is 2. The highest BCUT2D eigenvalue weighted by Crippen LogP contribution is 2.10. The average molecular weight is 170 g/mol. The van der Waals surface area contributed by atoms with E-state index >= 15 is 0 Å². The molecule has 0 bridgehead atoms. The van der Waals surface area contributed by atoms with Gasteiger partial charge in [0.25, 0.3) is 0 Å². The molecule has 1 fully saturated rings. The second-order valence-corrected chi connectivity index (χ2v) is 3.18. The van der Waals surface area contributed by atoms with Gasteiger partial charge in [-0.2, -0.15) is 0 Å². The summed E-state index contributed by atoms with van der Waals surface area (Å²) in [5, 5.41) is 0. The van der Waals surface area contributed by atoms with Crippen molar-refractivity contribution in [1.29, 1.82) is 0 Å². The maximum atomic E-state index is 11.4. The van der Waals surface area contributed by atoms with Gasteiger partial charge in [0.15, 0.2) is 0 Å². The molecule has 0 unspecified atom stereocenters. The van der Waals surface area contributed by atoms with Gasteiger partial charge in [-0.15, -0.1) is 0 Å². The molecule has 1 saturated heterocycles. The minimum Gasteiger partial charge on any atom is -0.320 e. The van der Waals surface area contributed by atoms with E-state index in [4.69, 9.17) is 0 Å². The molecule has 1 rings (SSSR count). The first-order valence-electron chi connectivity index (χ1n) is 4.16. The molecule has 4 heteroatoms. The van der Waals surface area contributed by atoms with E-state index in [0.717, 1.165) is 12.8 Å². The molecule has 1 heterocycles. The van der Waals surface area contributed by atoms with Gasteiger partial charge in [-0.3, -0.25) is 0 Å². The highest BCUT2D eigenvalue weighted by Gasteiger charge is 2.29. The second-order valence-electron chi connectivity index (χ2n) is 3.18. The number of carbonyl (C=O) groups is 2. The van der Waals surface area contributed by atoms with Crippen molar-refractivity contribution in [3.63, 3.8) is 0 Å². The van der Waals surface area contributed by atoms with Gasteiger partial charge in [-0.25, -0.2) is 4.79 Å². The number of amides is 2. The first-order chi connectivity index (χ1) is 5.66. The first-order valence-corrected chi connectivity index (χ1v) is 4.16. The van der Waals surface area contributed by atoms with E-state index in [1.165, 1.54) is 0 Å². The highest BCUT2D eigenvalue weighted by molar-refractivity contribution is 5.79. The maximum Gasteiger partial charge on any atom is 0.320 e. The van der Waals surface area contributed by atoms with E-state index < -0.39 is 0 Å². The third-order valence-electron chi connectivity index (χ3n) is 2.05. The Morgan fingerprint density at radius 1 is 1.50 bits per heavy atom. The quantitative estimate of drug-likeness (QED) is 0.573. The van der Waals surface area contributed by atoms with Crippen LogP contribution in [0.5, 0.6) is 0 Å². The van der Waals surface area contributed by atoms with Crippen molar-refractivity contribution >= 4 is 12.3 Å². The lowest BCUT2D eigenvalue weighted by molar-refractivity contribution is -0.108. The Morgan fingerprint density at radius 2 is 2.17 bits per heavy atom. The summed E-state index contributed by atoms with van der Waals surface area (Å²) in [6, 6.07) is 0.214. The fraction of sp³-hybridized carbons (Fsp3) is 0.750. The number of carbonyl (C=O) groups excluding carboxylic acids is 2. The van der Waals surface area contributed by atoms with E-state index in [1.807, 2.05) is 13.8 Å². The molecular weight excluding hydrogens is 156 g/mol. The smallest absolute Gasteiger partial charge is 0.320 e. The molecule has 4 nitrogen and oxygen atoms in total. The molecule has 0 atom stereocenters. The molecule has 1 aliphatic heterocycles. The van der Waals surface area contributed by atoms with Crippen LogP contribution in [0.4, 0.5) is 4.79 Å². The summed E-state index contributed by atoms with van der Waals surface area (Å²) >= 11 is 0. The third kappa shape index (κ3) is 1.57. The van der Waals surface area contributed by atoms with Gasteiger partial charge in [0.05, 0.1) is 6.54 Å². The molecule has 0 aromatic rings. The molecule has 0 aromatic heterocycles. The molecule has 0 radical (unpaired) electrons. The van der Waals surface area contributed by atoms with Crippen LogP contribution >= 0.6 is 0 Å². The molecule has 0 aliphatic carbocycles. The number of aldehydes is 1. The van der Waals surface area contributed by atoms with Crippen LogP contribution in [0.15, 0.2) is 0 Å². The van der Waals surface area contributed by atoms with E-state index in [2.05, 4.69) is 0 Å². The zero-order chi connectivity index (χ0) is 9.14. The van der Waals surface area contributed by atoms with Gasteiger partial charge >= 0.3 is 6.03 Å². The standard InChI is InChI=1S/C8H14N2O2/c1-7(2)10-4-3-9(5-6-11)8(10)12/h6-7H,3-5H2,1-2H3. The van der Waals surface area contributed by atoms with Gasteiger partial charge in [-0.1, -0.05) is 0 Å². The lowest BCUT2D eigenvalue weighted by atomic mass is 10.3. The summed E-state index contributed by atoms with van der Waals surface area (Å²) in [6.07, 6.45) is 0.766. The molecule has 12 heavy (non-hydrogen) atoms. The Labute approximate surface area is 72.1 Å².